The minimum absolute atomic E-state index is 0.175. The van der Waals surface area contributed by atoms with Crippen LogP contribution in [0.5, 0.6) is 0 Å². The maximum Gasteiger partial charge on any atom is 0.243 e. The molecule has 0 aliphatic rings. The van der Waals surface area contributed by atoms with Crippen LogP contribution in [-0.4, -0.2) is 37.6 Å². The SMILES string of the molecule is CCN(CC)S(=O)(=O)c1cc(NC(=O)CCl)ccc1C. The van der Waals surface area contributed by atoms with Gasteiger partial charge in [-0.3, -0.25) is 4.79 Å². The van der Waals surface area contributed by atoms with Crippen molar-refractivity contribution < 1.29 is 13.2 Å². The van der Waals surface area contributed by atoms with Gasteiger partial charge in [0.05, 0.1) is 4.90 Å². The number of nitrogens with one attached hydrogen (secondary N) is 1. The molecule has 20 heavy (non-hydrogen) atoms. The Bertz CT molecular complexity index is 583. The van der Waals surface area contributed by atoms with Crippen LogP contribution in [0.4, 0.5) is 5.69 Å². The number of hydrogen-bond acceptors (Lipinski definition) is 3. The Hall–Kier alpha value is -1.11. The summed E-state index contributed by atoms with van der Waals surface area (Å²) >= 11 is 5.42. The maximum atomic E-state index is 12.5. The molecular weight excluding hydrogens is 300 g/mol. The highest BCUT2D eigenvalue weighted by atomic mass is 35.5. The number of sulfonamides is 1. The number of anilines is 1. The lowest BCUT2D eigenvalue weighted by atomic mass is 10.2. The molecule has 0 saturated carbocycles. The third-order valence-electron chi connectivity index (χ3n) is 2.92. The fourth-order valence-corrected chi connectivity index (χ4v) is 3.63. The van der Waals surface area contributed by atoms with Crippen molar-refractivity contribution in [2.45, 2.75) is 25.7 Å². The fourth-order valence-electron chi connectivity index (χ4n) is 1.85. The molecule has 0 aromatic heterocycles. The number of benzene rings is 1. The van der Waals surface area contributed by atoms with Crippen molar-refractivity contribution in [3.05, 3.63) is 23.8 Å². The van der Waals surface area contributed by atoms with Crippen LogP contribution >= 0.6 is 11.6 Å². The number of nitrogens with zero attached hydrogens (tertiary/aromatic N) is 1. The summed E-state index contributed by atoms with van der Waals surface area (Å²) in [5.74, 6) is -0.548. The molecule has 1 N–H and O–H groups in total. The van der Waals surface area contributed by atoms with Gasteiger partial charge in [-0.1, -0.05) is 19.9 Å². The second-order valence-electron chi connectivity index (χ2n) is 4.25. The molecule has 112 valence electrons. The predicted molar refractivity (Wildman–Crippen MR) is 80.6 cm³/mol. The Balaban J connectivity index is 3.23. The highest BCUT2D eigenvalue weighted by Crippen LogP contribution is 2.23. The fraction of sp³-hybridized carbons (Fsp3) is 0.462. The number of halogens is 1. The molecule has 0 aliphatic carbocycles. The first-order valence-corrected chi connectivity index (χ1v) is 8.30. The molecule has 0 atom stereocenters. The molecule has 7 heteroatoms. The molecule has 0 saturated heterocycles. The van der Waals surface area contributed by atoms with Crippen molar-refractivity contribution in [3.63, 3.8) is 0 Å². The highest BCUT2D eigenvalue weighted by molar-refractivity contribution is 7.89. The second kappa shape index (κ2) is 7.06. The topological polar surface area (TPSA) is 66.5 Å². The van der Waals surface area contributed by atoms with Crippen LogP contribution in [-0.2, 0) is 14.8 Å². The Labute approximate surface area is 125 Å². The van der Waals surface area contributed by atoms with E-state index >= 15 is 0 Å². The van der Waals surface area contributed by atoms with E-state index in [1.54, 1.807) is 32.9 Å². The molecular formula is C13H19ClN2O3S. The minimum Gasteiger partial charge on any atom is -0.325 e. The van der Waals surface area contributed by atoms with Gasteiger partial charge in [0.1, 0.15) is 5.88 Å². The van der Waals surface area contributed by atoms with Crippen LogP contribution in [0.3, 0.4) is 0 Å². The van der Waals surface area contributed by atoms with E-state index < -0.39 is 10.0 Å². The van der Waals surface area contributed by atoms with Gasteiger partial charge in [-0.15, -0.1) is 11.6 Å². The molecule has 0 aliphatic heterocycles. The van der Waals surface area contributed by atoms with E-state index in [2.05, 4.69) is 5.32 Å². The number of hydrogen-bond donors (Lipinski definition) is 1. The number of rotatable bonds is 6. The Kier molecular flexibility index (Phi) is 5.98. The van der Waals surface area contributed by atoms with Crippen LogP contribution in [0.15, 0.2) is 23.1 Å². The van der Waals surface area contributed by atoms with Gasteiger partial charge >= 0.3 is 0 Å². The number of carbonyl (C=O) groups is 1. The molecule has 1 aromatic rings. The summed E-state index contributed by atoms with van der Waals surface area (Å²) in [4.78, 5) is 11.5. The standard InChI is InChI=1S/C13H19ClN2O3S/c1-4-16(5-2)20(18,19)12-8-11(7-6-10(12)3)15-13(17)9-14/h6-8H,4-5,9H2,1-3H3,(H,15,17). The number of amides is 1. The molecule has 0 unspecified atom stereocenters. The van der Waals surface area contributed by atoms with E-state index in [4.69, 9.17) is 11.6 Å². The smallest absolute Gasteiger partial charge is 0.243 e. The second-order valence-corrected chi connectivity index (χ2v) is 6.43. The van der Waals surface area contributed by atoms with Gasteiger partial charge in [0.15, 0.2) is 0 Å². The van der Waals surface area contributed by atoms with Gasteiger partial charge < -0.3 is 5.32 Å². The van der Waals surface area contributed by atoms with Crippen molar-refractivity contribution in [2.75, 3.05) is 24.3 Å². The van der Waals surface area contributed by atoms with Gasteiger partial charge in [0, 0.05) is 18.8 Å². The molecule has 0 spiro atoms. The zero-order valence-electron chi connectivity index (χ0n) is 11.8. The molecule has 1 amide bonds. The lowest BCUT2D eigenvalue weighted by Crippen LogP contribution is -2.31. The van der Waals surface area contributed by atoms with Crippen LogP contribution < -0.4 is 5.32 Å². The summed E-state index contributed by atoms with van der Waals surface area (Å²) < 4.78 is 26.4. The summed E-state index contributed by atoms with van der Waals surface area (Å²) in [5, 5.41) is 2.55. The summed E-state index contributed by atoms with van der Waals surface area (Å²) in [6.45, 7) is 6.10. The monoisotopic (exact) mass is 318 g/mol. The predicted octanol–water partition coefficient (Wildman–Crippen LogP) is 2.20. The number of carbonyl (C=O) groups excluding carboxylic acids is 1. The number of alkyl halides is 1. The van der Waals surface area contributed by atoms with E-state index in [0.29, 0.717) is 24.3 Å². The summed E-state index contributed by atoms with van der Waals surface area (Å²) in [5.41, 5.74) is 1.06. The van der Waals surface area contributed by atoms with Gasteiger partial charge in [0.2, 0.25) is 15.9 Å². The third kappa shape index (κ3) is 3.71. The van der Waals surface area contributed by atoms with Crippen LogP contribution in [0.2, 0.25) is 0 Å². The van der Waals surface area contributed by atoms with Gasteiger partial charge in [0.25, 0.3) is 0 Å². The molecule has 0 heterocycles. The summed E-state index contributed by atoms with van der Waals surface area (Å²) in [7, 11) is -3.55. The Morgan fingerprint density at radius 3 is 2.40 bits per heavy atom. The molecule has 1 aromatic carbocycles. The van der Waals surface area contributed by atoms with Crippen molar-refractivity contribution in [3.8, 4) is 0 Å². The largest absolute Gasteiger partial charge is 0.325 e. The van der Waals surface area contributed by atoms with Crippen molar-refractivity contribution in [1.82, 2.24) is 4.31 Å². The Morgan fingerprint density at radius 1 is 1.30 bits per heavy atom. The lowest BCUT2D eigenvalue weighted by Gasteiger charge is -2.20. The molecule has 0 bridgehead atoms. The highest BCUT2D eigenvalue weighted by Gasteiger charge is 2.23. The minimum atomic E-state index is -3.55. The van der Waals surface area contributed by atoms with E-state index in [1.807, 2.05) is 0 Å². The zero-order chi connectivity index (χ0) is 15.3. The quantitative estimate of drug-likeness (QED) is 0.818. The zero-order valence-corrected chi connectivity index (χ0v) is 13.4. The molecule has 0 fully saturated rings. The maximum absolute atomic E-state index is 12.5. The van der Waals surface area contributed by atoms with Gasteiger partial charge in [-0.2, -0.15) is 4.31 Å². The van der Waals surface area contributed by atoms with E-state index in [0.717, 1.165) is 0 Å². The van der Waals surface area contributed by atoms with Gasteiger partial charge in [-0.25, -0.2) is 8.42 Å². The molecule has 1 rings (SSSR count). The van der Waals surface area contributed by atoms with Crippen molar-refractivity contribution >= 4 is 33.2 Å². The van der Waals surface area contributed by atoms with Crippen LogP contribution in [0, 0.1) is 6.92 Å². The average Bonchev–Trinajstić information content (AvgIpc) is 2.41. The van der Waals surface area contributed by atoms with Crippen LogP contribution in [0.25, 0.3) is 0 Å². The van der Waals surface area contributed by atoms with Gasteiger partial charge in [-0.05, 0) is 24.6 Å². The first-order chi connectivity index (χ1) is 9.36. The van der Waals surface area contributed by atoms with E-state index in [-0.39, 0.29) is 16.7 Å². The normalized spacial score (nSPS) is 11.7. The van der Waals surface area contributed by atoms with E-state index in [9.17, 15) is 13.2 Å². The first-order valence-electron chi connectivity index (χ1n) is 6.33. The molecule has 5 nitrogen and oxygen atoms in total. The van der Waals surface area contributed by atoms with Crippen LogP contribution in [0.1, 0.15) is 19.4 Å². The van der Waals surface area contributed by atoms with Crippen molar-refractivity contribution in [2.24, 2.45) is 0 Å². The average molecular weight is 319 g/mol. The first kappa shape index (κ1) is 16.9. The summed E-state index contributed by atoms with van der Waals surface area (Å²) in [6.07, 6.45) is 0. The third-order valence-corrected chi connectivity index (χ3v) is 5.35. The van der Waals surface area contributed by atoms with E-state index in [1.165, 1.54) is 10.4 Å². The Morgan fingerprint density at radius 2 is 1.90 bits per heavy atom. The summed E-state index contributed by atoms with van der Waals surface area (Å²) in [6, 6.07) is 4.79. The molecule has 0 radical (unpaired) electrons. The number of aryl methyl sites for hydroxylation is 1. The van der Waals surface area contributed by atoms with Crippen molar-refractivity contribution in [1.29, 1.82) is 0 Å². The lowest BCUT2D eigenvalue weighted by molar-refractivity contribution is -0.113.